The van der Waals surface area contributed by atoms with Crippen molar-refractivity contribution in [3.8, 4) is 0 Å². The SMILES string of the molecule is CC1CCCN(C(=O)N2CCCCC2CCC(=O)O)C1. The summed E-state index contributed by atoms with van der Waals surface area (Å²) < 4.78 is 0. The molecular formula is C15H26N2O3. The summed E-state index contributed by atoms with van der Waals surface area (Å²) in [5, 5.41) is 8.84. The molecular weight excluding hydrogens is 256 g/mol. The van der Waals surface area contributed by atoms with Crippen LogP contribution in [0.4, 0.5) is 4.79 Å². The summed E-state index contributed by atoms with van der Waals surface area (Å²) in [5.41, 5.74) is 0. The third-order valence-corrected chi connectivity index (χ3v) is 4.49. The number of carboxylic acid groups (broad SMARTS) is 1. The van der Waals surface area contributed by atoms with Gasteiger partial charge in [-0.3, -0.25) is 4.79 Å². The first-order valence-electron chi connectivity index (χ1n) is 7.85. The lowest BCUT2D eigenvalue weighted by Crippen LogP contribution is -2.52. The van der Waals surface area contributed by atoms with Crippen LogP contribution in [0, 0.1) is 5.92 Å². The molecule has 2 heterocycles. The van der Waals surface area contributed by atoms with Gasteiger partial charge in [0, 0.05) is 32.1 Å². The molecule has 5 heteroatoms. The molecule has 0 aliphatic carbocycles. The molecule has 0 aromatic rings. The Morgan fingerprint density at radius 3 is 2.65 bits per heavy atom. The van der Waals surface area contributed by atoms with Crippen LogP contribution in [-0.4, -0.2) is 52.6 Å². The minimum atomic E-state index is -0.769. The lowest BCUT2D eigenvalue weighted by atomic mass is 9.97. The zero-order valence-electron chi connectivity index (χ0n) is 12.4. The highest BCUT2D eigenvalue weighted by Gasteiger charge is 2.31. The summed E-state index contributed by atoms with van der Waals surface area (Å²) in [7, 11) is 0. The zero-order valence-corrected chi connectivity index (χ0v) is 12.4. The minimum Gasteiger partial charge on any atom is -0.481 e. The number of nitrogens with zero attached hydrogens (tertiary/aromatic N) is 2. The molecule has 1 N–H and O–H groups in total. The molecule has 0 spiro atoms. The lowest BCUT2D eigenvalue weighted by Gasteiger charge is -2.41. The van der Waals surface area contributed by atoms with E-state index in [1.54, 1.807) is 0 Å². The Hall–Kier alpha value is -1.26. The van der Waals surface area contributed by atoms with Crippen molar-refractivity contribution < 1.29 is 14.7 Å². The largest absolute Gasteiger partial charge is 0.481 e. The first-order valence-corrected chi connectivity index (χ1v) is 7.85. The Kier molecular flexibility index (Phi) is 5.26. The predicted molar refractivity (Wildman–Crippen MR) is 76.6 cm³/mol. The fourth-order valence-corrected chi connectivity index (χ4v) is 3.39. The van der Waals surface area contributed by atoms with Crippen LogP contribution in [0.15, 0.2) is 0 Å². The van der Waals surface area contributed by atoms with Crippen molar-refractivity contribution in [2.75, 3.05) is 19.6 Å². The van der Waals surface area contributed by atoms with Gasteiger partial charge in [-0.1, -0.05) is 6.92 Å². The molecule has 2 aliphatic rings. The maximum absolute atomic E-state index is 12.7. The van der Waals surface area contributed by atoms with E-state index in [4.69, 9.17) is 5.11 Å². The predicted octanol–water partition coefficient (Wildman–Crippen LogP) is 2.56. The molecule has 2 amide bonds. The van der Waals surface area contributed by atoms with Crippen LogP contribution in [0.1, 0.15) is 51.9 Å². The van der Waals surface area contributed by atoms with Crippen LogP contribution >= 0.6 is 0 Å². The lowest BCUT2D eigenvalue weighted by molar-refractivity contribution is -0.137. The highest BCUT2D eigenvalue weighted by Crippen LogP contribution is 2.24. The van der Waals surface area contributed by atoms with Gasteiger partial charge in [0.1, 0.15) is 0 Å². The van der Waals surface area contributed by atoms with Crippen LogP contribution < -0.4 is 0 Å². The number of aliphatic carboxylic acids is 1. The number of piperidine rings is 2. The average Bonchev–Trinajstić information content (AvgIpc) is 2.44. The fraction of sp³-hybridized carbons (Fsp3) is 0.867. The molecule has 0 aromatic heterocycles. The van der Waals surface area contributed by atoms with Gasteiger partial charge in [-0.2, -0.15) is 0 Å². The van der Waals surface area contributed by atoms with E-state index in [1.165, 1.54) is 6.42 Å². The van der Waals surface area contributed by atoms with Gasteiger partial charge < -0.3 is 14.9 Å². The molecule has 2 rings (SSSR count). The number of amides is 2. The van der Waals surface area contributed by atoms with Crippen molar-refractivity contribution in [1.29, 1.82) is 0 Å². The number of rotatable bonds is 3. The Morgan fingerprint density at radius 1 is 1.15 bits per heavy atom. The van der Waals surface area contributed by atoms with Gasteiger partial charge in [-0.15, -0.1) is 0 Å². The van der Waals surface area contributed by atoms with Crippen LogP contribution in [0.25, 0.3) is 0 Å². The van der Waals surface area contributed by atoms with E-state index in [0.29, 0.717) is 12.3 Å². The summed E-state index contributed by atoms with van der Waals surface area (Å²) in [6, 6.07) is 0.247. The quantitative estimate of drug-likeness (QED) is 0.865. The Balaban J connectivity index is 1.95. The second-order valence-electron chi connectivity index (χ2n) is 6.25. The van der Waals surface area contributed by atoms with E-state index >= 15 is 0 Å². The number of carbonyl (C=O) groups is 2. The Labute approximate surface area is 120 Å². The first-order chi connectivity index (χ1) is 9.58. The Bertz CT molecular complexity index is 359. The molecule has 5 nitrogen and oxygen atoms in total. The number of urea groups is 1. The number of hydrogen-bond donors (Lipinski definition) is 1. The van der Waals surface area contributed by atoms with Gasteiger partial charge >= 0.3 is 12.0 Å². The van der Waals surface area contributed by atoms with E-state index in [2.05, 4.69) is 6.92 Å². The average molecular weight is 282 g/mol. The van der Waals surface area contributed by atoms with Gasteiger partial charge in [0.15, 0.2) is 0 Å². The summed E-state index contributed by atoms with van der Waals surface area (Å²) in [5.74, 6) is -0.190. The Morgan fingerprint density at radius 2 is 1.95 bits per heavy atom. The normalized spacial score (nSPS) is 27.4. The molecule has 2 fully saturated rings. The molecule has 2 saturated heterocycles. The van der Waals surface area contributed by atoms with Crippen molar-refractivity contribution in [2.24, 2.45) is 5.92 Å². The van der Waals surface area contributed by atoms with Crippen LogP contribution in [0.3, 0.4) is 0 Å². The number of likely N-dealkylation sites (tertiary alicyclic amines) is 2. The van der Waals surface area contributed by atoms with Crippen molar-refractivity contribution in [3.63, 3.8) is 0 Å². The molecule has 2 unspecified atom stereocenters. The first kappa shape index (κ1) is 15.1. The number of carbonyl (C=O) groups excluding carboxylic acids is 1. The molecule has 0 radical (unpaired) electrons. The van der Waals surface area contributed by atoms with Gasteiger partial charge in [0.2, 0.25) is 0 Å². The monoisotopic (exact) mass is 282 g/mol. The number of hydrogen-bond acceptors (Lipinski definition) is 2. The highest BCUT2D eigenvalue weighted by atomic mass is 16.4. The summed E-state index contributed by atoms with van der Waals surface area (Å²) in [6.45, 7) is 4.68. The summed E-state index contributed by atoms with van der Waals surface area (Å²) in [6.07, 6.45) is 6.12. The second-order valence-corrected chi connectivity index (χ2v) is 6.25. The van der Waals surface area contributed by atoms with E-state index in [1.807, 2.05) is 9.80 Å². The standard InChI is InChI=1S/C15H26N2O3/c1-12-5-4-9-16(11-12)15(20)17-10-3-2-6-13(17)7-8-14(18)19/h12-13H,2-11H2,1H3,(H,18,19). The van der Waals surface area contributed by atoms with E-state index in [0.717, 1.165) is 45.3 Å². The summed E-state index contributed by atoms with van der Waals surface area (Å²) >= 11 is 0. The van der Waals surface area contributed by atoms with E-state index in [9.17, 15) is 9.59 Å². The maximum Gasteiger partial charge on any atom is 0.320 e. The molecule has 114 valence electrons. The van der Waals surface area contributed by atoms with Gasteiger partial charge in [-0.05, 0) is 44.4 Å². The molecule has 0 bridgehead atoms. The van der Waals surface area contributed by atoms with Crippen molar-refractivity contribution >= 4 is 12.0 Å². The van der Waals surface area contributed by atoms with Crippen molar-refractivity contribution in [3.05, 3.63) is 0 Å². The highest BCUT2D eigenvalue weighted by molar-refractivity contribution is 5.75. The smallest absolute Gasteiger partial charge is 0.320 e. The third-order valence-electron chi connectivity index (χ3n) is 4.49. The number of carboxylic acids is 1. The topological polar surface area (TPSA) is 60.9 Å². The van der Waals surface area contributed by atoms with Gasteiger partial charge in [-0.25, -0.2) is 4.79 Å². The summed E-state index contributed by atoms with van der Waals surface area (Å²) in [4.78, 5) is 27.3. The molecule has 0 saturated carbocycles. The zero-order chi connectivity index (χ0) is 14.5. The van der Waals surface area contributed by atoms with Crippen molar-refractivity contribution in [1.82, 2.24) is 9.80 Å². The molecule has 20 heavy (non-hydrogen) atoms. The second kappa shape index (κ2) is 6.95. The fourth-order valence-electron chi connectivity index (χ4n) is 3.39. The van der Waals surface area contributed by atoms with Crippen LogP contribution in [0.5, 0.6) is 0 Å². The minimum absolute atomic E-state index is 0.115. The maximum atomic E-state index is 12.7. The van der Waals surface area contributed by atoms with E-state index in [-0.39, 0.29) is 18.5 Å². The molecule has 2 atom stereocenters. The van der Waals surface area contributed by atoms with Gasteiger partial charge in [0.25, 0.3) is 0 Å². The third kappa shape index (κ3) is 3.87. The van der Waals surface area contributed by atoms with Crippen LogP contribution in [-0.2, 0) is 4.79 Å². The van der Waals surface area contributed by atoms with Gasteiger partial charge in [0.05, 0.1) is 0 Å². The van der Waals surface area contributed by atoms with E-state index < -0.39 is 5.97 Å². The molecule has 2 aliphatic heterocycles. The van der Waals surface area contributed by atoms with Crippen molar-refractivity contribution in [2.45, 2.75) is 57.9 Å². The van der Waals surface area contributed by atoms with Crippen LogP contribution in [0.2, 0.25) is 0 Å². The molecule has 0 aromatic carbocycles.